The van der Waals surface area contributed by atoms with Gasteiger partial charge in [0.2, 0.25) is 5.90 Å². The molecule has 0 saturated heterocycles. The van der Waals surface area contributed by atoms with Crippen LogP contribution in [-0.2, 0) is 19.4 Å². The second-order valence-corrected chi connectivity index (χ2v) is 12.8. The third kappa shape index (κ3) is 7.53. The maximum Gasteiger partial charge on any atom is 0.251 e. The first-order valence-electron chi connectivity index (χ1n) is 14.6. The Morgan fingerprint density at radius 2 is 1.48 bits per heavy atom. The van der Waals surface area contributed by atoms with Gasteiger partial charge < -0.3 is 19.9 Å². The van der Waals surface area contributed by atoms with Crippen molar-refractivity contribution in [1.82, 2.24) is 5.32 Å². The van der Waals surface area contributed by atoms with Gasteiger partial charge in [-0.3, -0.25) is 4.79 Å². The molecule has 1 atom stereocenters. The quantitative estimate of drug-likeness (QED) is 0.198. The van der Waals surface area contributed by atoms with E-state index in [0.717, 1.165) is 11.1 Å². The first kappa shape index (κ1) is 31.0. The summed E-state index contributed by atoms with van der Waals surface area (Å²) in [6, 6.07) is 35.2. The van der Waals surface area contributed by atoms with Crippen LogP contribution in [0, 0.1) is 0 Å². The first-order valence-corrected chi connectivity index (χ1v) is 16.3. The molecule has 0 saturated carbocycles. The largest absolute Gasteiger partial charge is 0.494 e. The Morgan fingerprint density at radius 1 is 0.886 bits per heavy atom. The lowest BCUT2D eigenvalue weighted by molar-refractivity contribution is -0.126. The van der Waals surface area contributed by atoms with Crippen LogP contribution in [0.15, 0.2) is 125 Å². The molecule has 0 aromatic heterocycles. The fraction of sp³-hybridized carbons (Fsp3) is 0.257. The molecule has 1 amide bonds. The minimum absolute atomic E-state index is 0.0459. The van der Waals surface area contributed by atoms with Crippen molar-refractivity contribution < 1.29 is 27.8 Å². The predicted octanol–water partition coefficient (Wildman–Crippen LogP) is 4.78. The Labute approximate surface area is 258 Å². The van der Waals surface area contributed by atoms with Crippen molar-refractivity contribution in [2.24, 2.45) is 4.99 Å². The number of aliphatic hydroxyl groups is 1. The summed E-state index contributed by atoms with van der Waals surface area (Å²) in [7, 11) is -3.67. The van der Waals surface area contributed by atoms with Crippen molar-refractivity contribution >= 4 is 21.6 Å². The number of nitrogens with zero attached hydrogens (tertiary/aromatic N) is 1. The highest BCUT2D eigenvalue weighted by Crippen LogP contribution is 2.30. The Morgan fingerprint density at radius 3 is 2.07 bits per heavy atom. The first-order chi connectivity index (χ1) is 21.4. The van der Waals surface area contributed by atoms with E-state index >= 15 is 0 Å². The Balaban J connectivity index is 1.40. The van der Waals surface area contributed by atoms with Crippen molar-refractivity contribution in [3.05, 3.63) is 132 Å². The van der Waals surface area contributed by atoms with Gasteiger partial charge in [0, 0.05) is 31.1 Å². The zero-order valence-electron chi connectivity index (χ0n) is 24.3. The van der Waals surface area contributed by atoms with E-state index in [0.29, 0.717) is 30.9 Å². The maximum absolute atomic E-state index is 14.0. The van der Waals surface area contributed by atoms with Crippen LogP contribution in [-0.4, -0.2) is 63.0 Å². The summed E-state index contributed by atoms with van der Waals surface area (Å²) in [6.45, 7) is 0.642. The van der Waals surface area contributed by atoms with E-state index in [-0.39, 0.29) is 42.1 Å². The van der Waals surface area contributed by atoms with Crippen molar-refractivity contribution in [2.45, 2.75) is 29.2 Å². The number of carbonyl (C=O) groups excluding carboxylic acids is 1. The van der Waals surface area contributed by atoms with E-state index < -0.39 is 21.3 Å². The highest BCUT2D eigenvalue weighted by molar-refractivity contribution is 7.91. The molecule has 4 aromatic carbocycles. The van der Waals surface area contributed by atoms with Crippen molar-refractivity contribution in [2.75, 3.05) is 32.1 Å². The van der Waals surface area contributed by atoms with E-state index in [1.807, 2.05) is 60.7 Å². The zero-order valence-corrected chi connectivity index (χ0v) is 25.2. The fourth-order valence-electron chi connectivity index (χ4n) is 5.11. The number of rotatable bonds is 14. The highest BCUT2D eigenvalue weighted by atomic mass is 32.2. The number of hydrogen-bond acceptors (Lipinski definition) is 7. The van der Waals surface area contributed by atoms with Gasteiger partial charge in [0.15, 0.2) is 15.4 Å². The van der Waals surface area contributed by atoms with Crippen LogP contribution in [0.2, 0.25) is 0 Å². The number of sulfone groups is 1. The van der Waals surface area contributed by atoms with Crippen LogP contribution in [0.1, 0.15) is 35.4 Å². The summed E-state index contributed by atoms with van der Waals surface area (Å²) >= 11 is 0. The van der Waals surface area contributed by atoms with Gasteiger partial charge in [0.1, 0.15) is 12.4 Å². The molecule has 0 radical (unpaired) electrons. The Kier molecular flexibility index (Phi) is 10.1. The summed E-state index contributed by atoms with van der Waals surface area (Å²) < 4.78 is 38.1. The van der Waals surface area contributed by atoms with Crippen LogP contribution in [0.3, 0.4) is 0 Å². The lowest BCUT2D eigenvalue weighted by Gasteiger charge is -2.25. The number of ether oxygens (including phenoxy) is 2. The molecule has 2 N–H and O–H groups in total. The van der Waals surface area contributed by atoms with Crippen molar-refractivity contribution in [3.8, 4) is 5.75 Å². The van der Waals surface area contributed by atoms with Gasteiger partial charge in [-0.25, -0.2) is 13.4 Å². The zero-order chi connectivity index (χ0) is 30.8. The summed E-state index contributed by atoms with van der Waals surface area (Å²) in [5.41, 5.74) is 1.30. The molecule has 1 heterocycles. The molecule has 4 aromatic rings. The molecule has 0 aliphatic carbocycles. The second-order valence-electron chi connectivity index (χ2n) is 10.7. The minimum atomic E-state index is -3.67. The van der Waals surface area contributed by atoms with Crippen LogP contribution in [0.4, 0.5) is 0 Å². The third-order valence-electron chi connectivity index (χ3n) is 7.62. The van der Waals surface area contributed by atoms with Crippen molar-refractivity contribution in [1.29, 1.82) is 0 Å². The molecule has 8 nitrogen and oxygen atoms in total. The number of amides is 1. The fourth-order valence-corrected chi connectivity index (χ4v) is 6.52. The van der Waals surface area contributed by atoms with Gasteiger partial charge in [-0.05, 0) is 53.9 Å². The molecule has 0 bridgehead atoms. The summed E-state index contributed by atoms with van der Waals surface area (Å²) in [4.78, 5) is 19.0. The Bertz CT molecular complexity index is 1610. The van der Waals surface area contributed by atoms with Crippen molar-refractivity contribution in [3.63, 3.8) is 0 Å². The SMILES string of the molecule is O=C(NCC(c1ccccc1)c1ccccc1)[C@@]1(CCS(=O)(=O)c2ccccc2)COC(c2ccc(OCCCO)cc2)=N1. The molecule has 44 heavy (non-hydrogen) atoms. The molecule has 1 aliphatic heterocycles. The van der Waals surface area contributed by atoms with Gasteiger partial charge in [-0.2, -0.15) is 0 Å². The van der Waals surface area contributed by atoms with E-state index in [1.54, 1.807) is 54.6 Å². The predicted molar refractivity (Wildman–Crippen MR) is 170 cm³/mol. The minimum Gasteiger partial charge on any atom is -0.494 e. The van der Waals surface area contributed by atoms with Gasteiger partial charge >= 0.3 is 0 Å². The monoisotopic (exact) mass is 612 g/mol. The molecule has 0 unspecified atom stereocenters. The molecular formula is C35H36N2O6S. The van der Waals surface area contributed by atoms with E-state index in [2.05, 4.69) is 5.32 Å². The van der Waals surface area contributed by atoms with E-state index in [1.165, 1.54) is 0 Å². The molecule has 228 valence electrons. The molecule has 0 spiro atoms. The topological polar surface area (TPSA) is 114 Å². The maximum atomic E-state index is 14.0. The average Bonchev–Trinajstić information content (AvgIpc) is 3.52. The van der Waals surface area contributed by atoms with Gasteiger partial charge in [-0.15, -0.1) is 0 Å². The number of benzene rings is 4. The average molecular weight is 613 g/mol. The van der Waals surface area contributed by atoms with Crippen LogP contribution in [0.5, 0.6) is 5.75 Å². The second kappa shape index (κ2) is 14.3. The van der Waals surface area contributed by atoms with Crippen LogP contribution >= 0.6 is 0 Å². The number of aliphatic imine (C=N–C) groups is 1. The number of nitrogens with one attached hydrogen (secondary N) is 1. The van der Waals surface area contributed by atoms with E-state index in [4.69, 9.17) is 19.6 Å². The summed E-state index contributed by atoms with van der Waals surface area (Å²) in [5, 5.41) is 12.1. The van der Waals surface area contributed by atoms with Crippen LogP contribution < -0.4 is 10.1 Å². The Hall–Kier alpha value is -4.47. The lowest BCUT2D eigenvalue weighted by Crippen LogP contribution is -2.48. The molecule has 0 fully saturated rings. The highest BCUT2D eigenvalue weighted by Gasteiger charge is 2.45. The molecular weight excluding hydrogens is 576 g/mol. The molecule has 5 rings (SSSR count). The number of carbonyl (C=O) groups is 1. The lowest BCUT2D eigenvalue weighted by atomic mass is 9.90. The third-order valence-corrected chi connectivity index (χ3v) is 9.35. The number of hydrogen-bond donors (Lipinski definition) is 2. The normalized spacial score (nSPS) is 16.3. The van der Waals surface area contributed by atoms with E-state index in [9.17, 15) is 13.2 Å². The van der Waals surface area contributed by atoms with Gasteiger partial charge in [0.25, 0.3) is 5.91 Å². The van der Waals surface area contributed by atoms with Gasteiger partial charge in [0.05, 0.1) is 17.3 Å². The molecule has 1 aliphatic rings. The van der Waals surface area contributed by atoms with Crippen LogP contribution in [0.25, 0.3) is 0 Å². The number of aliphatic hydroxyl groups excluding tert-OH is 1. The summed E-state index contributed by atoms with van der Waals surface area (Å²) in [6.07, 6.45) is 0.472. The van der Waals surface area contributed by atoms with Gasteiger partial charge in [-0.1, -0.05) is 78.9 Å². The standard InChI is InChI=1S/C35H36N2O6S/c38-22-10-23-42-30-19-17-29(18-20-30)33-37-35(26-43-33,21-24-44(40,41)31-15-8-3-9-16-31)34(39)36-25-32(27-11-4-1-5-12-27)28-13-6-2-7-14-28/h1-9,11-20,32,38H,10,21-26H2,(H,36,39)/t35-/m1/s1. The smallest absolute Gasteiger partial charge is 0.251 e. The summed E-state index contributed by atoms with van der Waals surface area (Å²) in [5.74, 6) is 0.115. The molecule has 9 heteroatoms.